The summed E-state index contributed by atoms with van der Waals surface area (Å²) in [6.45, 7) is 9.49. The maximum absolute atomic E-state index is 13.7. The van der Waals surface area contributed by atoms with Crippen LogP contribution in [0.5, 0.6) is 11.5 Å². The number of nitrogens with zero attached hydrogens (tertiary/aromatic N) is 2. The van der Waals surface area contributed by atoms with E-state index in [0.29, 0.717) is 47.7 Å². The molecule has 1 atom stereocenters. The molecule has 7 nitrogen and oxygen atoms in total. The molecular weight excluding hydrogens is 420 g/mol. The van der Waals surface area contributed by atoms with Gasteiger partial charge in [0, 0.05) is 24.7 Å². The largest absolute Gasteiger partial charge is 0.496 e. The standard InChI is InChI=1S/C26H30N2O5/c1-5-27(6-2)14-15-28-23(18-10-8-9-11-20(18)31-4)22-24(29)19-13-12-17(32-7-3)16-21(19)33-25(22)26(28)30/h8-13,16,23H,5-7,14-15H2,1-4H3. The van der Waals surface area contributed by atoms with Crippen molar-refractivity contribution >= 4 is 16.9 Å². The number of methoxy groups -OCH3 is 1. The van der Waals surface area contributed by atoms with Crippen LogP contribution in [0.15, 0.2) is 51.7 Å². The van der Waals surface area contributed by atoms with Crippen LogP contribution in [0.3, 0.4) is 0 Å². The molecule has 0 bridgehead atoms. The smallest absolute Gasteiger partial charge is 0.290 e. The van der Waals surface area contributed by atoms with Crippen molar-refractivity contribution < 1.29 is 18.7 Å². The van der Waals surface area contributed by atoms with Crippen molar-refractivity contribution in [2.45, 2.75) is 26.8 Å². The Morgan fingerprint density at radius 2 is 1.82 bits per heavy atom. The number of rotatable bonds is 9. The Hall–Kier alpha value is -3.32. The topological polar surface area (TPSA) is 72.2 Å². The molecule has 174 valence electrons. The van der Waals surface area contributed by atoms with Gasteiger partial charge in [-0.25, -0.2) is 0 Å². The molecule has 0 spiro atoms. The second-order valence-corrected chi connectivity index (χ2v) is 7.93. The number of carbonyl (C=O) groups excluding carboxylic acids is 1. The second kappa shape index (κ2) is 9.67. The predicted molar refractivity (Wildman–Crippen MR) is 127 cm³/mol. The monoisotopic (exact) mass is 450 g/mol. The van der Waals surface area contributed by atoms with E-state index in [1.807, 2.05) is 31.2 Å². The number of amides is 1. The third-order valence-corrected chi connectivity index (χ3v) is 6.24. The number of likely N-dealkylation sites (N-methyl/N-ethyl adjacent to an activating group) is 1. The Bertz CT molecular complexity index is 1220. The number of para-hydroxylation sites is 1. The molecule has 2 aromatic carbocycles. The zero-order valence-corrected chi connectivity index (χ0v) is 19.6. The lowest BCUT2D eigenvalue weighted by Gasteiger charge is -2.28. The summed E-state index contributed by atoms with van der Waals surface area (Å²) < 4.78 is 17.2. The number of benzene rings is 2. The highest BCUT2D eigenvalue weighted by Crippen LogP contribution is 2.41. The lowest BCUT2D eigenvalue weighted by atomic mass is 9.97. The molecule has 3 aromatic rings. The highest BCUT2D eigenvalue weighted by atomic mass is 16.5. The summed E-state index contributed by atoms with van der Waals surface area (Å²) in [5.41, 5.74) is 1.27. The van der Waals surface area contributed by atoms with Crippen LogP contribution in [0, 0.1) is 0 Å². The number of carbonyl (C=O) groups is 1. The van der Waals surface area contributed by atoms with Gasteiger partial charge < -0.3 is 23.7 Å². The molecular formula is C26H30N2O5. The minimum Gasteiger partial charge on any atom is -0.496 e. The highest BCUT2D eigenvalue weighted by molar-refractivity contribution is 5.99. The van der Waals surface area contributed by atoms with Crippen LogP contribution in [-0.4, -0.2) is 55.6 Å². The predicted octanol–water partition coefficient (Wildman–Crippen LogP) is 4.09. The lowest BCUT2D eigenvalue weighted by molar-refractivity contribution is 0.0706. The molecule has 7 heteroatoms. The quantitative estimate of drug-likeness (QED) is 0.489. The summed E-state index contributed by atoms with van der Waals surface area (Å²) >= 11 is 0. The first kappa shape index (κ1) is 22.9. The molecule has 1 unspecified atom stereocenters. The molecule has 1 aromatic heterocycles. The summed E-state index contributed by atoms with van der Waals surface area (Å²) in [7, 11) is 1.59. The molecule has 1 aliphatic rings. The normalized spacial score (nSPS) is 15.4. The van der Waals surface area contributed by atoms with Crippen LogP contribution in [0.1, 0.15) is 48.5 Å². The molecule has 0 saturated carbocycles. The third-order valence-electron chi connectivity index (χ3n) is 6.24. The van der Waals surface area contributed by atoms with Crippen molar-refractivity contribution in [2.75, 3.05) is 39.9 Å². The first-order valence-corrected chi connectivity index (χ1v) is 11.4. The van der Waals surface area contributed by atoms with Gasteiger partial charge in [-0.2, -0.15) is 0 Å². The van der Waals surface area contributed by atoms with Gasteiger partial charge in [-0.1, -0.05) is 32.0 Å². The lowest BCUT2D eigenvalue weighted by Crippen LogP contribution is -2.38. The minimum atomic E-state index is -0.577. The average molecular weight is 451 g/mol. The number of hydrogen-bond acceptors (Lipinski definition) is 6. The molecule has 4 rings (SSSR count). The van der Waals surface area contributed by atoms with Crippen molar-refractivity contribution in [3.05, 3.63) is 69.6 Å². The summed E-state index contributed by atoms with van der Waals surface area (Å²) in [5, 5.41) is 0.426. The molecule has 0 saturated heterocycles. The van der Waals surface area contributed by atoms with Crippen LogP contribution < -0.4 is 14.9 Å². The molecule has 1 aliphatic heterocycles. The van der Waals surface area contributed by atoms with Crippen LogP contribution in [0.4, 0.5) is 0 Å². The zero-order chi connectivity index (χ0) is 23.5. The van der Waals surface area contributed by atoms with Gasteiger partial charge in [-0.05, 0) is 38.2 Å². The van der Waals surface area contributed by atoms with Gasteiger partial charge >= 0.3 is 0 Å². The summed E-state index contributed by atoms with van der Waals surface area (Å²) in [4.78, 5) is 31.2. The van der Waals surface area contributed by atoms with E-state index in [2.05, 4.69) is 18.7 Å². The van der Waals surface area contributed by atoms with Crippen molar-refractivity contribution in [1.29, 1.82) is 0 Å². The maximum atomic E-state index is 13.7. The van der Waals surface area contributed by atoms with Crippen molar-refractivity contribution in [2.24, 2.45) is 0 Å². The highest BCUT2D eigenvalue weighted by Gasteiger charge is 2.43. The van der Waals surface area contributed by atoms with E-state index in [-0.39, 0.29) is 17.1 Å². The Morgan fingerprint density at radius 1 is 1.06 bits per heavy atom. The van der Waals surface area contributed by atoms with Crippen LogP contribution in [0.2, 0.25) is 0 Å². The Morgan fingerprint density at radius 3 is 2.52 bits per heavy atom. The van der Waals surface area contributed by atoms with Crippen LogP contribution in [-0.2, 0) is 0 Å². The first-order valence-electron chi connectivity index (χ1n) is 11.4. The fourth-order valence-corrected chi connectivity index (χ4v) is 4.49. The van der Waals surface area contributed by atoms with Gasteiger partial charge in [-0.3, -0.25) is 9.59 Å². The van der Waals surface area contributed by atoms with E-state index in [9.17, 15) is 9.59 Å². The van der Waals surface area contributed by atoms with Crippen molar-refractivity contribution in [3.8, 4) is 11.5 Å². The minimum absolute atomic E-state index is 0.0941. The van der Waals surface area contributed by atoms with Crippen molar-refractivity contribution in [1.82, 2.24) is 9.80 Å². The summed E-state index contributed by atoms with van der Waals surface area (Å²) in [6, 6.07) is 12.1. The van der Waals surface area contributed by atoms with Crippen LogP contribution in [0.25, 0.3) is 11.0 Å². The fourth-order valence-electron chi connectivity index (χ4n) is 4.49. The molecule has 0 fully saturated rings. The van der Waals surface area contributed by atoms with E-state index in [1.54, 1.807) is 30.2 Å². The molecule has 0 radical (unpaired) electrons. The Kier molecular flexibility index (Phi) is 6.70. The van der Waals surface area contributed by atoms with Gasteiger partial charge in [0.1, 0.15) is 17.1 Å². The van der Waals surface area contributed by atoms with E-state index in [0.717, 1.165) is 18.7 Å². The Balaban J connectivity index is 1.89. The number of ether oxygens (including phenoxy) is 2. The van der Waals surface area contributed by atoms with E-state index in [1.165, 1.54) is 0 Å². The second-order valence-electron chi connectivity index (χ2n) is 7.93. The molecule has 1 amide bonds. The van der Waals surface area contributed by atoms with E-state index >= 15 is 0 Å². The zero-order valence-electron chi connectivity index (χ0n) is 19.6. The maximum Gasteiger partial charge on any atom is 0.290 e. The van der Waals surface area contributed by atoms with Gasteiger partial charge in [0.25, 0.3) is 5.91 Å². The molecule has 0 aliphatic carbocycles. The summed E-state index contributed by atoms with van der Waals surface area (Å²) in [5.74, 6) is 1.03. The van der Waals surface area contributed by atoms with Gasteiger partial charge in [0.2, 0.25) is 5.76 Å². The first-order chi connectivity index (χ1) is 16.0. The number of hydrogen-bond donors (Lipinski definition) is 0. The number of fused-ring (bicyclic) bond motifs is 2. The van der Waals surface area contributed by atoms with E-state index in [4.69, 9.17) is 13.9 Å². The van der Waals surface area contributed by atoms with Crippen LogP contribution >= 0.6 is 0 Å². The molecule has 2 heterocycles. The van der Waals surface area contributed by atoms with Gasteiger partial charge in [0.15, 0.2) is 5.43 Å². The van der Waals surface area contributed by atoms with E-state index < -0.39 is 6.04 Å². The Labute approximate surface area is 193 Å². The van der Waals surface area contributed by atoms with Gasteiger partial charge in [-0.15, -0.1) is 0 Å². The molecule has 33 heavy (non-hydrogen) atoms. The SMILES string of the molecule is CCOc1ccc2c(=O)c3c(oc2c1)C(=O)N(CCN(CC)CC)C3c1ccccc1OC. The molecule has 0 N–H and O–H groups in total. The average Bonchev–Trinajstić information content (AvgIpc) is 3.11. The van der Waals surface area contributed by atoms with Crippen molar-refractivity contribution in [3.63, 3.8) is 0 Å². The van der Waals surface area contributed by atoms with Gasteiger partial charge in [0.05, 0.1) is 30.7 Å². The third kappa shape index (κ3) is 4.09. The summed E-state index contributed by atoms with van der Waals surface area (Å²) in [6.07, 6.45) is 0. The fraction of sp³-hybridized carbons (Fsp3) is 0.385.